The van der Waals surface area contributed by atoms with Gasteiger partial charge in [-0.25, -0.2) is 0 Å². The Balaban J connectivity index is 1.66. The summed E-state index contributed by atoms with van der Waals surface area (Å²) in [5.74, 6) is 7.41. The zero-order valence-electron chi connectivity index (χ0n) is 15.2. The van der Waals surface area contributed by atoms with Crippen molar-refractivity contribution in [3.63, 3.8) is 0 Å². The molecule has 4 heteroatoms. The van der Waals surface area contributed by atoms with Gasteiger partial charge in [0, 0.05) is 17.5 Å². The number of aliphatic hydroxyl groups is 2. The van der Waals surface area contributed by atoms with Crippen LogP contribution in [0, 0.1) is 34.5 Å². The Bertz CT molecular complexity index is 538. The minimum Gasteiger partial charge on any atom is -0.393 e. The summed E-state index contributed by atoms with van der Waals surface area (Å²) < 4.78 is 0. The monoisotopic (exact) mass is 334 g/mol. The molecule has 8 atom stereocenters. The molecule has 4 aliphatic carbocycles. The molecule has 0 bridgehead atoms. The highest BCUT2D eigenvalue weighted by Gasteiger charge is 2.66. The molecular formula is C20H34N2O2. The number of hydrazone groups is 1. The van der Waals surface area contributed by atoms with Crippen LogP contribution in [0.3, 0.4) is 0 Å². The Morgan fingerprint density at radius 1 is 1.00 bits per heavy atom. The van der Waals surface area contributed by atoms with E-state index in [4.69, 9.17) is 5.84 Å². The quantitative estimate of drug-likeness (QED) is 0.392. The fraction of sp³-hybridized carbons (Fsp3) is 0.950. The molecular weight excluding hydrogens is 300 g/mol. The molecule has 0 aromatic rings. The summed E-state index contributed by atoms with van der Waals surface area (Å²) in [6.45, 7) is 4.74. The van der Waals surface area contributed by atoms with Crippen molar-refractivity contribution in [2.45, 2.75) is 83.3 Å². The first-order chi connectivity index (χ1) is 11.3. The highest BCUT2D eigenvalue weighted by Crippen LogP contribution is 2.68. The first-order valence-electron chi connectivity index (χ1n) is 9.99. The third-order valence-corrected chi connectivity index (χ3v) is 9.16. The van der Waals surface area contributed by atoms with E-state index >= 15 is 0 Å². The zero-order valence-corrected chi connectivity index (χ0v) is 15.2. The third-order valence-electron chi connectivity index (χ3n) is 9.16. The molecule has 4 nitrogen and oxygen atoms in total. The molecule has 4 rings (SSSR count). The average Bonchev–Trinajstić information content (AvgIpc) is 2.81. The molecule has 136 valence electrons. The van der Waals surface area contributed by atoms with Gasteiger partial charge in [-0.15, -0.1) is 0 Å². The van der Waals surface area contributed by atoms with Crippen molar-refractivity contribution in [1.82, 2.24) is 0 Å². The predicted octanol–water partition coefficient (Wildman–Crippen LogP) is 3.07. The summed E-state index contributed by atoms with van der Waals surface area (Å²) >= 11 is 0. The lowest BCUT2D eigenvalue weighted by Crippen LogP contribution is -2.62. The van der Waals surface area contributed by atoms with Crippen molar-refractivity contribution in [3.05, 3.63) is 0 Å². The minimum absolute atomic E-state index is 0.0750. The third kappa shape index (κ3) is 2.02. The van der Waals surface area contributed by atoms with Gasteiger partial charge < -0.3 is 16.1 Å². The standard InChI is InChI=1S/C20H34N2O2/c1-18-8-6-15(23)11-13(18)3-4-17-16(18)7-9-19(2)14(12-22-21)5-10-20(17,19)24/h12-17,23-24H,3-11,21H2,1-2H3/t13-,14-,15+,16+,17-,18+,19-,20+/m1/s1. The van der Waals surface area contributed by atoms with Gasteiger partial charge in [0.25, 0.3) is 0 Å². The van der Waals surface area contributed by atoms with Crippen molar-refractivity contribution in [2.24, 2.45) is 45.4 Å². The van der Waals surface area contributed by atoms with Gasteiger partial charge in [0.05, 0.1) is 11.7 Å². The molecule has 4 saturated carbocycles. The molecule has 0 radical (unpaired) electrons. The van der Waals surface area contributed by atoms with E-state index in [1.165, 1.54) is 12.8 Å². The van der Waals surface area contributed by atoms with Crippen LogP contribution in [0.25, 0.3) is 0 Å². The lowest BCUT2D eigenvalue weighted by atomic mass is 9.43. The highest BCUT2D eigenvalue weighted by molar-refractivity contribution is 5.63. The van der Waals surface area contributed by atoms with Gasteiger partial charge in [0.2, 0.25) is 0 Å². The highest BCUT2D eigenvalue weighted by atomic mass is 16.3. The zero-order chi connectivity index (χ0) is 17.2. The van der Waals surface area contributed by atoms with Crippen LogP contribution in [0.1, 0.15) is 71.6 Å². The summed E-state index contributed by atoms with van der Waals surface area (Å²) in [7, 11) is 0. The van der Waals surface area contributed by atoms with E-state index < -0.39 is 5.60 Å². The summed E-state index contributed by atoms with van der Waals surface area (Å²) in [6.07, 6.45) is 11.3. The molecule has 0 spiro atoms. The summed E-state index contributed by atoms with van der Waals surface area (Å²) in [5, 5.41) is 25.8. The SMILES string of the molecule is C[C@]12CC[C@H](O)C[C@H]1CC[C@@H]1[C@@H]2CC[C@]2(C)[C@@H](C=NN)CC[C@]12O. The van der Waals surface area contributed by atoms with Crippen molar-refractivity contribution < 1.29 is 10.2 Å². The molecule has 0 amide bonds. The van der Waals surface area contributed by atoms with Crippen LogP contribution in [0.5, 0.6) is 0 Å². The lowest BCUT2D eigenvalue weighted by Gasteiger charge is -2.63. The normalized spacial score (nSPS) is 57.4. The maximum atomic E-state index is 11.9. The number of rotatable bonds is 1. The van der Waals surface area contributed by atoms with E-state index in [0.717, 1.165) is 44.9 Å². The number of aliphatic hydroxyl groups excluding tert-OH is 1. The molecule has 4 fully saturated rings. The van der Waals surface area contributed by atoms with E-state index in [9.17, 15) is 10.2 Å². The maximum absolute atomic E-state index is 11.9. The van der Waals surface area contributed by atoms with E-state index in [0.29, 0.717) is 29.1 Å². The topological polar surface area (TPSA) is 78.8 Å². The number of nitrogens with zero attached hydrogens (tertiary/aromatic N) is 1. The fourth-order valence-corrected chi connectivity index (χ4v) is 7.59. The number of hydrogen-bond acceptors (Lipinski definition) is 4. The average molecular weight is 335 g/mol. The minimum atomic E-state index is -0.564. The van der Waals surface area contributed by atoms with Crippen LogP contribution < -0.4 is 5.84 Å². The van der Waals surface area contributed by atoms with E-state index in [1.807, 2.05) is 6.21 Å². The Labute approximate surface area is 145 Å². The van der Waals surface area contributed by atoms with Crippen LogP contribution in [0.15, 0.2) is 5.10 Å². The van der Waals surface area contributed by atoms with Gasteiger partial charge in [-0.05, 0) is 81.0 Å². The lowest BCUT2D eigenvalue weighted by molar-refractivity contribution is -0.206. The Morgan fingerprint density at radius 3 is 2.54 bits per heavy atom. The first kappa shape index (κ1) is 16.8. The summed E-state index contributed by atoms with van der Waals surface area (Å²) in [6, 6.07) is 0. The maximum Gasteiger partial charge on any atom is 0.0738 e. The van der Waals surface area contributed by atoms with Crippen LogP contribution in [-0.2, 0) is 0 Å². The molecule has 4 N–H and O–H groups in total. The van der Waals surface area contributed by atoms with Crippen LogP contribution in [0.2, 0.25) is 0 Å². The van der Waals surface area contributed by atoms with Gasteiger partial charge in [-0.2, -0.15) is 5.10 Å². The van der Waals surface area contributed by atoms with Gasteiger partial charge >= 0.3 is 0 Å². The van der Waals surface area contributed by atoms with Crippen LogP contribution in [-0.4, -0.2) is 28.1 Å². The van der Waals surface area contributed by atoms with Crippen molar-refractivity contribution in [3.8, 4) is 0 Å². The smallest absolute Gasteiger partial charge is 0.0738 e. The van der Waals surface area contributed by atoms with E-state index in [1.54, 1.807) is 0 Å². The van der Waals surface area contributed by atoms with Crippen LogP contribution in [0.4, 0.5) is 0 Å². The summed E-state index contributed by atoms with van der Waals surface area (Å²) in [4.78, 5) is 0. The molecule has 0 unspecified atom stereocenters. The van der Waals surface area contributed by atoms with Gasteiger partial charge in [0.15, 0.2) is 0 Å². The fourth-order valence-electron chi connectivity index (χ4n) is 7.59. The van der Waals surface area contributed by atoms with E-state index in [-0.39, 0.29) is 11.5 Å². The van der Waals surface area contributed by atoms with Gasteiger partial charge in [-0.1, -0.05) is 13.8 Å². The Kier molecular flexibility index (Phi) is 3.82. The predicted molar refractivity (Wildman–Crippen MR) is 95.4 cm³/mol. The number of hydrogen-bond donors (Lipinski definition) is 3. The van der Waals surface area contributed by atoms with Crippen LogP contribution >= 0.6 is 0 Å². The number of nitrogens with two attached hydrogens (primary N) is 1. The summed E-state index contributed by atoms with van der Waals surface area (Å²) in [5.41, 5.74) is -0.334. The molecule has 0 aromatic carbocycles. The second-order valence-electron chi connectivity index (χ2n) is 9.74. The largest absolute Gasteiger partial charge is 0.393 e. The molecule has 0 heterocycles. The van der Waals surface area contributed by atoms with Gasteiger partial charge in [-0.3, -0.25) is 0 Å². The van der Waals surface area contributed by atoms with Crippen molar-refractivity contribution in [1.29, 1.82) is 0 Å². The second kappa shape index (κ2) is 5.44. The van der Waals surface area contributed by atoms with E-state index in [2.05, 4.69) is 18.9 Å². The number of fused-ring (bicyclic) bond motifs is 5. The Hall–Kier alpha value is -0.610. The Morgan fingerprint density at radius 2 is 1.79 bits per heavy atom. The molecule has 0 aliphatic heterocycles. The van der Waals surface area contributed by atoms with Crippen molar-refractivity contribution >= 4 is 6.21 Å². The molecule has 24 heavy (non-hydrogen) atoms. The molecule has 0 saturated heterocycles. The molecule has 0 aromatic heterocycles. The second-order valence-corrected chi connectivity index (χ2v) is 9.74. The van der Waals surface area contributed by atoms with Crippen molar-refractivity contribution in [2.75, 3.05) is 0 Å². The first-order valence-corrected chi connectivity index (χ1v) is 9.99. The van der Waals surface area contributed by atoms with Gasteiger partial charge in [0.1, 0.15) is 0 Å². The molecule has 4 aliphatic rings.